The minimum Gasteiger partial charge on any atom is -0.490 e. The van der Waals surface area contributed by atoms with Gasteiger partial charge in [-0.3, -0.25) is 9.36 Å². The molecule has 7 heteroatoms. The summed E-state index contributed by atoms with van der Waals surface area (Å²) in [5, 5.41) is 0.710. The minimum absolute atomic E-state index is 0.0180. The molecule has 0 spiro atoms. The van der Waals surface area contributed by atoms with Gasteiger partial charge in [-0.2, -0.15) is 0 Å². The molecule has 0 fully saturated rings. The molecule has 0 radical (unpaired) electrons. The SMILES string of the molecule is CCOc1cc(Br)c(Cn2cnc3sc(C)c(C)c3c2=O)cc1OCC. The molecule has 0 N–H and O–H groups in total. The lowest BCUT2D eigenvalue weighted by Crippen LogP contribution is -2.21. The van der Waals surface area contributed by atoms with Crippen molar-refractivity contribution in [3.05, 3.63) is 49.3 Å². The van der Waals surface area contributed by atoms with Gasteiger partial charge in [0.2, 0.25) is 0 Å². The van der Waals surface area contributed by atoms with Crippen molar-refractivity contribution in [3.8, 4) is 11.5 Å². The summed E-state index contributed by atoms with van der Waals surface area (Å²) in [6, 6.07) is 3.81. The van der Waals surface area contributed by atoms with E-state index in [1.807, 2.05) is 39.8 Å². The molecule has 5 nitrogen and oxygen atoms in total. The monoisotopic (exact) mass is 436 g/mol. The predicted molar refractivity (Wildman–Crippen MR) is 109 cm³/mol. The van der Waals surface area contributed by atoms with Crippen molar-refractivity contribution in [3.63, 3.8) is 0 Å². The van der Waals surface area contributed by atoms with E-state index in [0.717, 1.165) is 25.3 Å². The summed E-state index contributed by atoms with van der Waals surface area (Å²) in [5.41, 5.74) is 1.93. The molecule has 0 saturated carbocycles. The van der Waals surface area contributed by atoms with Crippen molar-refractivity contribution in [1.82, 2.24) is 9.55 Å². The lowest BCUT2D eigenvalue weighted by molar-refractivity contribution is 0.287. The second kappa shape index (κ2) is 7.80. The van der Waals surface area contributed by atoms with Gasteiger partial charge in [0.05, 0.1) is 31.5 Å². The largest absolute Gasteiger partial charge is 0.490 e. The Morgan fingerprint density at radius 3 is 2.46 bits per heavy atom. The number of rotatable bonds is 6. The average molecular weight is 437 g/mol. The van der Waals surface area contributed by atoms with Gasteiger partial charge >= 0.3 is 0 Å². The fraction of sp³-hybridized carbons (Fsp3) is 0.368. The van der Waals surface area contributed by atoms with Crippen molar-refractivity contribution in [2.75, 3.05) is 13.2 Å². The Bertz CT molecular complexity index is 1010. The maximum Gasteiger partial charge on any atom is 0.262 e. The average Bonchev–Trinajstić information content (AvgIpc) is 2.89. The smallest absolute Gasteiger partial charge is 0.262 e. The Morgan fingerprint density at radius 2 is 1.81 bits per heavy atom. The van der Waals surface area contributed by atoms with Crippen LogP contribution >= 0.6 is 27.3 Å². The van der Waals surface area contributed by atoms with Gasteiger partial charge in [0.15, 0.2) is 11.5 Å². The number of thiophene rings is 1. The molecule has 3 rings (SSSR count). The van der Waals surface area contributed by atoms with E-state index in [2.05, 4.69) is 20.9 Å². The summed E-state index contributed by atoms with van der Waals surface area (Å²) in [4.78, 5) is 19.3. The molecule has 0 aliphatic carbocycles. The third kappa shape index (κ3) is 3.50. The standard InChI is InChI=1S/C19H21BrN2O3S/c1-5-24-15-7-13(14(20)8-16(15)25-6-2)9-22-10-21-18-17(19(22)23)11(3)12(4)26-18/h7-8,10H,5-6,9H2,1-4H3. The van der Waals surface area contributed by atoms with Gasteiger partial charge in [-0.25, -0.2) is 4.98 Å². The van der Waals surface area contributed by atoms with Gasteiger partial charge in [-0.15, -0.1) is 11.3 Å². The third-order valence-corrected chi connectivity index (χ3v) is 6.06. The first-order valence-corrected chi connectivity index (χ1v) is 10.1. The van der Waals surface area contributed by atoms with E-state index in [4.69, 9.17) is 9.47 Å². The molecule has 2 aromatic heterocycles. The van der Waals surface area contributed by atoms with E-state index in [1.54, 1.807) is 22.2 Å². The first-order valence-electron chi connectivity index (χ1n) is 8.49. The van der Waals surface area contributed by atoms with E-state index < -0.39 is 0 Å². The summed E-state index contributed by atoms with van der Waals surface area (Å²) in [6.45, 7) is 9.36. The summed E-state index contributed by atoms with van der Waals surface area (Å²) in [7, 11) is 0. The zero-order valence-electron chi connectivity index (χ0n) is 15.3. The first-order chi connectivity index (χ1) is 12.5. The van der Waals surface area contributed by atoms with Crippen LogP contribution in [0.4, 0.5) is 0 Å². The number of nitrogens with zero attached hydrogens (tertiary/aromatic N) is 2. The van der Waals surface area contributed by atoms with Crippen molar-refractivity contribution in [2.24, 2.45) is 0 Å². The quantitative estimate of drug-likeness (QED) is 0.562. The predicted octanol–water partition coefficient (Wildman–Crippen LogP) is 4.68. The van der Waals surface area contributed by atoms with Crippen molar-refractivity contribution in [1.29, 1.82) is 0 Å². The number of benzene rings is 1. The lowest BCUT2D eigenvalue weighted by atomic mass is 10.2. The lowest BCUT2D eigenvalue weighted by Gasteiger charge is -2.15. The fourth-order valence-corrected chi connectivity index (χ4v) is 4.24. The van der Waals surface area contributed by atoms with Crippen LogP contribution in [0.5, 0.6) is 11.5 Å². The number of fused-ring (bicyclic) bond motifs is 1. The minimum atomic E-state index is -0.0180. The van der Waals surface area contributed by atoms with Crippen molar-refractivity contribution < 1.29 is 9.47 Å². The number of aryl methyl sites for hydroxylation is 2. The topological polar surface area (TPSA) is 53.4 Å². The van der Waals surface area contributed by atoms with E-state index in [1.165, 1.54) is 0 Å². The second-order valence-corrected chi connectivity index (χ2v) is 7.95. The normalized spacial score (nSPS) is 11.1. The van der Waals surface area contributed by atoms with Crippen molar-refractivity contribution in [2.45, 2.75) is 34.2 Å². The van der Waals surface area contributed by atoms with Gasteiger partial charge in [0.25, 0.3) is 5.56 Å². The van der Waals surface area contributed by atoms with Crippen molar-refractivity contribution >= 4 is 37.5 Å². The second-order valence-electron chi connectivity index (χ2n) is 5.90. The zero-order valence-corrected chi connectivity index (χ0v) is 17.7. The highest BCUT2D eigenvalue weighted by molar-refractivity contribution is 9.10. The van der Waals surface area contributed by atoms with E-state index in [0.29, 0.717) is 36.6 Å². The van der Waals surface area contributed by atoms with Crippen LogP contribution in [0.3, 0.4) is 0 Å². The van der Waals surface area contributed by atoms with E-state index in [9.17, 15) is 4.79 Å². The van der Waals surface area contributed by atoms with Crippen LogP contribution < -0.4 is 15.0 Å². The fourth-order valence-electron chi connectivity index (χ4n) is 2.80. The highest BCUT2D eigenvalue weighted by Gasteiger charge is 2.15. The number of hydrogen-bond acceptors (Lipinski definition) is 5. The number of halogens is 1. The molecule has 26 heavy (non-hydrogen) atoms. The molecular formula is C19H21BrN2O3S. The highest BCUT2D eigenvalue weighted by atomic mass is 79.9. The Hall–Kier alpha value is -1.86. The Morgan fingerprint density at radius 1 is 1.15 bits per heavy atom. The van der Waals surface area contributed by atoms with Crippen LogP contribution in [-0.4, -0.2) is 22.8 Å². The van der Waals surface area contributed by atoms with Crippen LogP contribution in [0.1, 0.15) is 29.9 Å². The zero-order chi connectivity index (χ0) is 18.8. The molecule has 2 heterocycles. The molecule has 0 unspecified atom stereocenters. The maximum absolute atomic E-state index is 12.9. The molecule has 0 aliphatic heterocycles. The highest BCUT2D eigenvalue weighted by Crippen LogP contribution is 2.34. The van der Waals surface area contributed by atoms with Crippen LogP contribution in [0.15, 0.2) is 27.7 Å². The van der Waals surface area contributed by atoms with Crippen LogP contribution in [0, 0.1) is 13.8 Å². The molecule has 138 valence electrons. The maximum atomic E-state index is 12.9. The van der Waals surface area contributed by atoms with Crippen LogP contribution in [0.25, 0.3) is 10.2 Å². The number of hydrogen-bond donors (Lipinski definition) is 0. The van der Waals surface area contributed by atoms with E-state index >= 15 is 0 Å². The van der Waals surface area contributed by atoms with Gasteiger partial charge in [0, 0.05) is 9.35 Å². The summed E-state index contributed by atoms with van der Waals surface area (Å²) >= 11 is 5.14. The Kier molecular flexibility index (Phi) is 5.67. The first kappa shape index (κ1) is 18.9. The molecule has 0 aliphatic rings. The Balaban J connectivity index is 2.04. The molecule has 1 aromatic carbocycles. The molecular weight excluding hydrogens is 416 g/mol. The molecule has 3 aromatic rings. The number of ether oxygens (including phenoxy) is 2. The molecule has 0 atom stereocenters. The van der Waals surface area contributed by atoms with Crippen LogP contribution in [-0.2, 0) is 6.54 Å². The molecule has 0 saturated heterocycles. The summed E-state index contributed by atoms with van der Waals surface area (Å²) < 4.78 is 13.8. The van der Waals surface area contributed by atoms with Gasteiger partial charge < -0.3 is 9.47 Å². The number of aromatic nitrogens is 2. The van der Waals surface area contributed by atoms with Gasteiger partial charge in [-0.1, -0.05) is 15.9 Å². The van der Waals surface area contributed by atoms with Gasteiger partial charge in [0.1, 0.15) is 4.83 Å². The van der Waals surface area contributed by atoms with Crippen LogP contribution in [0.2, 0.25) is 0 Å². The Labute approximate surface area is 164 Å². The van der Waals surface area contributed by atoms with Gasteiger partial charge in [-0.05, 0) is 51.0 Å². The molecule has 0 bridgehead atoms. The third-order valence-electron chi connectivity index (χ3n) is 4.21. The molecule has 0 amide bonds. The summed E-state index contributed by atoms with van der Waals surface area (Å²) in [6.07, 6.45) is 1.61. The summed E-state index contributed by atoms with van der Waals surface area (Å²) in [5.74, 6) is 1.37. The van der Waals surface area contributed by atoms with E-state index in [-0.39, 0.29) is 5.56 Å².